The Bertz CT molecular complexity index is 1160. The number of aromatic nitrogens is 3. The molecular weight excluding hydrogens is 385 g/mol. The molecular formula is C19H13Cl2N5O. The Kier molecular flexibility index (Phi) is 4.66. The number of aromatic amines is 2. The Hall–Kier alpha value is -3.09. The molecule has 2 heterocycles. The van der Waals surface area contributed by atoms with Crippen LogP contribution in [-0.2, 0) is 0 Å². The van der Waals surface area contributed by atoms with Crippen molar-refractivity contribution in [1.82, 2.24) is 20.6 Å². The molecule has 3 N–H and O–H groups in total. The zero-order chi connectivity index (χ0) is 18.8. The third-order valence-corrected chi connectivity index (χ3v) is 4.57. The molecule has 27 heavy (non-hydrogen) atoms. The van der Waals surface area contributed by atoms with Crippen molar-refractivity contribution in [2.24, 2.45) is 5.10 Å². The van der Waals surface area contributed by atoms with Crippen LogP contribution >= 0.6 is 23.2 Å². The number of carbonyl (C=O) groups is 1. The van der Waals surface area contributed by atoms with E-state index < -0.39 is 5.91 Å². The molecule has 0 aliphatic heterocycles. The summed E-state index contributed by atoms with van der Waals surface area (Å²) in [6, 6.07) is 14.5. The lowest BCUT2D eigenvalue weighted by Gasteiger charge is -2.00. The van der Waals surface area contributed by atoms with Crippen LogP contribution in [-0.4, -0.2) is 27.3 Å². The summed E-state index contributed by atoms with van der Waals surface area (Å²) in [7, 11) is 0. The number of amides is 1. The van der Waals surface area contributed by atoms with Gasteiger partial charge in [-0.05, 0) is 30.3 Å². The van der Waals surface area contributed by atoms with E-state index in [2.05, 4.69) is 25.7 Å². The molecule has 0 spiro atoms. The van der Waals surface area contributed by atoms with Crippen LogP contribution in [0, 0.1) is 0 Å². The fourth-order valence-corrected chi connectivity index (χ4v) is 3.20. The topological polar surface area (TPSA) is 85.9 Å². The predicted molar refractivity (Wildman–Crippen MR) is 107 cm³/mol. The van der Waals surface area contributed by atoms with Crippen LogP contribution in [0.3, 0.4) is 0 Å². The van der Waals surface area contributed by atoms with E-state index in [4.69, 9.17) is 23.2 Å². The Morgan fingerprint density at radius 3 is 2.85 bits per heavy atom. The molecule has 8 heteroatoms. The van der Waals surface area contributed by atoms with E-state index in [1.807, 2.05) is 30.5 Å². The summed E-state index contributed by atoms with van der Waals surface area (Å²) in [4.78, 5) is 15.4. The highest BCUT2D eigenvalue weighted by Crippen LogP contribution is 2.29. The first-order valence-corrected chi connectivity index (χ1v) is 8.78. The zero-order valence-corrected chi connectivity index (χ0v) is 15.3. The van der Waals surface area contributed by atoms with Gasteiger partial charge >= 0.3 is 0 Å². The van der Waals surface area contributed by atoms with Crippen molar-refractivity contribution in [2.45, 2.75) is 0 Å². The van der Waals surface area contributed by atoms with Gasteiger partial charge in [0.05, 0.1) is 16.9 Å². The Morgan fingerprint density at radius 2 is 2.00 bits per heavy atom. The smallest absolute Gasteiger partial charge is 0.289 e. The number of H-pyrrole nitrogens is 2. The molecule has 0 bridgehead atoms. The average molecular weight is 398 g/mol. The SMILES string of the molecule is O=C(N/N=C\c1c[nH]c2ccccc12)c1cc(-c2ccc(Cl)cc2Cl)n[nH]1. The van der Waals surface area contributed by atoms with Gasteiger partial charge < -0.3 is 4.98 Å². The van der Waals surface area contributed by atoms with Crippen LogP contribution in [0.15, 0.2) is 59.8 Å². The minimum atomic E-state index is -0.407. The zero-order valence-electron chi connectivity index (χ0n) is 13.8. The van der Waals surface area contributed by atoms with Gasteiger partial charge in [-0.2, -0.15) is 10.2 Å². The van der Waals surface area contributed by atoms with Crippen molar-refractivity contribution >= 4 is 46.2 Å². The second kappa shape index (κ2) is 7.26. The first kappa shape index (κ1) is 17.3. The van der Waals surface area contributed by atoms with Crippen LogP contribution in [0.1, 0.15) is 16.1 Å². The number of rotatable bonds is 4. The lowest BCUT2D eigenvalue weighted by molar-refractivity contribution is 0.0950. The van der Waals surface area contributed by atoms with Gasteiger partial charge in [0.15, 0.2) is 0 Å². The lowest BCUT2D eigenvalue weighted by atomic mass is 10.1. The summed E-state index contributed by atoms with van der Waals surface area (Å²) >= 11 is 12.1. The maximum atomic E-state index is 12.3. The fraction of sp³-hybridized carbons (Fsp3) is 0. The molecule has 0 fully saturated rings. The summed E-state index contributed by atoms with van der Waals surface area (Å²) in [5.41, 5.74) is 5.86. The van der Waals surface area contributed by atoms with E-state index in [0.29, 0.717) is 21.3 Å². The van der Waals surface area contributed by atoms with Gasteiger partial charge in [-0.3, -0.25) is 9.89 Å². The molecule has 2 aromatic carbocycles. The third kappa shape index (κ3) is 3.58. The molecule has 2 aromatic heterocycles. The van der Waals surface area contributed by atoms with Crippen molar-refractivity contribution in [3.63, 3.8) is 0 Å². The third-order valence-electron chi connectivity index (χ3n) is 4.02. The average Bonchev–Trinajstić information content (AvgIpc) is 3.29. The van der Waals surface area contributed by atoms with Crippen molar-refractivity contribution in [3.05, 3.63) is 76.0 Å². The number of para-hydroxylation sites is 1. The first-order valence-electron chi connectivity index (χ1n) is 8.02. The molecule has 0 aliphatic rings. The summed E-state index contributed by atoms with van der Waals surface area (Å²) in [5.74, 6) is -0.407. The van der Waals surface area contributed by atoms with Crippen molar-refractivity contribution in [1.29, 1.82) is 0 Å². The van der Waals surface area contributed by atoms with E-state index in [1.165, 1.54) is 0 Å². The molecule has 0 unspecified atom stereocenters. The molecule has 0 saturated carbocycles. The standard InChI is InChI=1S/C19H13Cl2N5O/c20-12-5-6-14(15(21)7-12)17-8-18(25-24-17)19(27)26-23-10-11-9-22-16-4-2-1-3-13(11)16/h1-10,22H,(H,24,25)(H,26,27)/b23-10-. The van der Waals surface area contributed by atoms with E-state index in [-0.39, 0.29) is 5.69 Å². The van der Waals surface area contributed by atoms with Crippen LogP contribution in [0.4, 0.5) is 0 Å². The van der Waals surface area contributed by atoms with Crippen LogP contribution in [0.25, 0.3) is 22.2 Å². The van der Waals surface area contributed by atoms with Gasteiger partial charge in [-0.25, -0.2) is 5.43 Å². The normalized spacial score (nSPS) is 11.3. The maximum absolute atomic E-state index is 12.3. The van der Waals surface area contributed by atoms with Crippen molar-refractivity contribution in [2.75, 3.05) is 0 Å². The first-order chi connectivity index (χ1) is 13.1. The largest absolute Gasteiger partial charge is 0.361 e. The second-order valence-corrected chi connectivity index (χ2v) is 6.62. The molecule has 0 saturated heterocycles. The van der Waals surface area contributed by atoms with Gasteiger partial charge in [0, 0.05) is 33.2 Å². The van der Waals surface area contributed by atoms with E-state index in [0.717, 1.165) is 16.5 Å². The van der Waals surface area contributed by atoms with Gasteiger partial charge in [0.2, 0.25) is 0 Å². The maximum Gasteiger partial charge on any atom is 0.289 e. The molecule has 0 atom stereocenters. The monoisotopic (exact) mass is 397 g/mol. The highest BCUT2D eigenvalue weighted by Gasteiger charge is 2.13. The van der Waals surface area contributed by atoms with Crippen molar-refractivity contribution in [3.8, 4) is 11.3 Å². The van der Waals surface area contributed by atoms with E-state index in [9.17, 15) is 4.79 Å². The second-order valence-electron chi connectivity index (χ2n) is 5.78. The summed E-state index contributed by atoms with van der Waals surface area (Å²) < 4.78 is 0. The quantitative estimate of drug-likeness (QED) is 0.346. The number of hydrazone groups is 1. The van der Waals surface area contributed by atoms with Crippen LogP contribution in [0.2, 0.25) is 10.0 Å². The van der Waals surface area contributed by atoms with E-state index in [1.54, 1.807) is 30.5 Å². The molecule has 0 radical (unpaired) electrons. The lowest BCUT2D eigenvalue weighted by Crippen LogP contribution is -2.17. The molecule has 4 aromatic rings. The summed E-state index contributed by atoms with van der Waals surface area (Å²) in [6.45, 7) is 0. The number of nitrogens with one attached hydrogen (secondary N) is 3. The van der Waals surface area contributed by atoms with Gasteiger partial charge in [-0.1, -0.05) is 41.4 Å². The number of benzene rings is 2. The summed E-state index contributed by atoms with van der Waals surface area (Å²) in [5, 5.41) is 12.8. The van der Waals surface area contributed by atoms with E-state index >= 15 is 0 Å². The Morgan fingerprint density at radius 1 is 1.15 bits per heavy atom. The number of fused-ring (bicyclic) bond motifs is 1. The minimum Gasteiger partial charge on any atom is -0.361 e. The number of halogens is 2. The molecule has 1 amide bonds. The number of hydrogen-bond acceptors (Lipinski definition) is 3. The Labute approximate surface area is 164 Å². The minimum absolute atomic E-state index is 0.270. The van der Waals surface area contributed by atoms with Gasteiger partial charge in [0.1, 0.15) is 5.69 Å². The molecule has 4 rings (SSSR count). The van der Waals surface area contributed by atoms with Crippen molar-refractivity contribution < 1.29 is 4.79 Å². The van der Waals surface area contributed by atoms with Crippen LogP contribution < -0.4 is 5.43 Å². The Balaban J connectivity index is 1.48. The van der Waals surface area contributed by atoms with Gasteiger partial charge in [0.25, 0.3) is 5.91 Å². The van der Waals surface area contributed by atoms with Crippen LogP contribution in [0.5, 0.6) is 0 Å². The number of carbonyl (C=O) groups excluding carboxylic acids is 1. The fourth-order valence-electron chi connectivity index (χ4n) is 2.69. The number of hydrogen-bond donors (Lipinski definition) is 3. The highest BCUT2D eigenvalue weighted by molar-refractivity contribution is 6.36. The summed E-state index contributed by atoms with van der Waals surface area (Å²) in [6.07, 6.45) is 3.42. The molecule has 0 aliphatic carbocycles. The highest BCUT2D eigenvalue weighted by atomic mass is 35.5. The predicted octanol–water partition coefficient (Wildman–Crippen LogP) is 4.63. The number of nitrogens with zero attached hydrogens (tertiary/aromatic N) is 2. The molecule has 6 nitrogen and oxygen atoms in total. The van der Waals surface area contributed by atoms with Gasteiger partial charge in [-0.15, -0.1) is 0 Å². The molecule has 134 valence electrons.